The first-order valence-corrected chi connectivity index (χ1v) is 6.84. The third kappa shape index (κ3) is 4.43. The molecular formula is C14H20O2S. The van der Waals surface area contributed by atoms with E-state index in [4.69, 9.17) is 5.11 Å². The minimum atomic E-state index is -0.710. The van der Waals surface area contributed by atoms with Crippen molar-refractivity contribution in [3.05, 3.63) is 29.8 Å². The van der Waals surface area contributed by atoms with Gasteiger partial charge in [-0.2, -0.15) is 0 Å². The molecule has 0 aromatic heterocycles. The molecule has 94 valence electrons. The van der Waals surface area contributed by atoms with Crippen molar-refractivity contribution < 1.29 is 9.90 Å². The van der Waals surface area contributed by atoms with Crippen LogP contribution in [0.1, 0.15) is 32.3 Å². The van der Waals surface area contributed by atoms with Gasteiger partial charge >= 0.3 is 5.97 Å². The summed E-state index contributed by atoms with van der Waals surface area (Å²) in [5.74, 6) is 0.264. The molecule has 0 fully saturated rings. The fraction of sp³-hybridized carbons (Fsp3) is 0.500. The van der Waals surface area contributed by atoms with Gasteiger partial charge < -0.3 is 5.11 Å². The molecule has 1 aromatic carbocycles. The summed E-state index contributed by atoms with van der Waals surface area (Å²) < 4.78 is 0. The molecule has 0 heterocycles. The number of aliphatic carboxylic acids is 1. The van der Waals surface area contributed by atoms with Gasteiger partial charge in [0.15, 0.2) is 0 Å². The molecule has 0 atom stereocenters. The average Bonchev–Trinajstić information content (AvgIpc) is 2.26. The van der Waals surface area contributed by atoms with Gasteiger partial charge in [-0.05, 0) is 51.0 Å². The van der Waals surface area contributed by atoms with Crippen molar-refractivity contribution in [1.82, 2.24) is 0 Å². The Hall–Kier alpha value is -0.960. The maximum atomic E-state index is 10.9. The van der Waals surface area contributed by atoms with E-state index < -0.39 is 11.4 Å². The summed E-state index contributed by atoms with van der Waals surface area (Å²) in [6, 6.07) is 8.29. The summed E-state index contributed by atoms with van der Waals surface area (Å²) in [6.07, 6.45) is 1.65. The van der Waals surface area contributed by atoms with Gasteiger partial charge in [0.05, 0.1) is 5.41 Å². The summed E-state index contributed by atoms with van der Waals surface area (Å²) in [7, 11) is 0. The van der Waals surface area contributed by atoms with Gasteiger partial charge in [-0.25, -0.2) is 0 Å². The molecule has 0 aliphatic rings. The van der Waals surface area contributed by atoms with Gasteiger partial charge in [-0.1, -0.05) is 18.2 Å². The van der Waals surface area contributed by atoms with Gasteiger partial charge in [0.25, 0.3) is 0 Å². The second-order valence-corrected chi connectivity index (χ2v) is 6.04. The molecule has 1 N–H and O–H groups in total. The average molecular weight is 252 g/mol. The molecule has 0 radical (unpaired) electrons. The number of hydrogen-bond donors (Lipinski definition) is 1. The van der Waals surface area contributed by atoms with E-state index in [0.29, 0.717) is 0 Å². The Morgan fingerprint density at radius 1 is 1.35 bits per heavy atom. The maximum absolute atomic E-state index is 10.9. The molecule has 3 heteroatoms. The highest BCUT2D eigenvalue weighted by Gasteiger charge is 2.25. The van der Waals surface area contributed by atoms with Crippen molar-refractivity contribution in [3.63, 3.8) is 0 Å². The van der Waals surface area contributed by atoms with Crippen LogP contribution in [0.2, 0.25) is 0 Å². The van der Waals surface area contributed by atoms with Crippen molar-refractivity contribution in [2.75, 3.05) is 5.75 Å². The minimum absolute atomic E-state index is 0.605. The zero-order chi connectivity index (χ0) is 12.9. The highest BCUT2D eigenvalue weighted by molar-refractivity contribution is 7.99. The summed E-state index contributed by atoms with van der Waals surface area (Å²) in [5, 5.41) is 8.99. The number of carboxylic acid groups (broad SMARTS) is 1. The first kappa shape index (κ1) is 14.1. The second-order valence-electron chi connectivity index (χ2n) is 4.91. The van der Waals surface area contributed by atoms with Crippen LogP contribution in [0.3, 0.4) is 0 Å². The molecule has 0 saturated heterocycles. The lowest BCUT2D eigenvalue weighted by molar-refractivity contribution is -0.147. The van der Waals surface area contributed by atoms with E-state index in [1.807, 2.05) is 12.1 Å². The van der Waals surface area contributed by atoms with E-state index in [1.165, 1.54) is 10.5 Å². The van der Waals surface area contributed by atoms with E-state index >= 15 is 0 Å². The molecule has 0 unspecified atom stereocenters. The van der Waals surface area contributed by atoms with Crippen molar-refractivity contribution in [3.8, 4) is 0 Å². The maximum Gasteiger partial charge on any atom is 0.309 e. The Labute approximate surface area is 107 Å². The minimum Gasteiger partial charge on any atom is -0.481 e. The quantitative estimate of drug-likeness (QED) is 0.614. The van der Waals surface area contributed by atoms with Crippen molar-refractivity contribution in [2.24, 2.45) is 5.41 Å². The number of carbonyl (C=O) groups is 1. The molecule has 0 aliphatic carbocycles. The Morgan fingerprint density at radius 2 is 2.00 bits per heavy atom. The molecule has 0 saturated carbocycles. The van der Waals surface area contributed by atoms with Crippen LogP contribution in [0.5, 0.6) is 0 Å². The highest BCUT2D eigenvalue weighted by atomic mass is 32.2. The van der Waals surface area contributed by atoms with E-state index in [1.54, 1.807) is 25.6 Å². The lowest BCUT2D eigenvalue weighted by atomic mass is 9.88. The Morgan fingerprint density at radius 3 is 2.59 bits per heavy atom. The van der Waals surface area contributed by atoms with Gasteiger partial charge in [-0.15, -0.1) is 11.8 Å². The summed E-state index contributed by atoms with van der Waals surface area (Å²) in [6.45, 7) is 5.67. The normalized spacial score (nSPS) is 11.5. The lowest BCUT2D eigenvalue weighted by Crippen LogP contribution is -2.23. The Kier molecular flexibility index (Phi) is 5.06. The van der Waals surface area contributed by atoms with Crippen LogP contribution >= 0.6 is 11.8 Å². The number of carboxylic acids is 1. The molecule has 0 aliphatic heterocycles. The number of benzene rings is 1. The van der Waals surface area contributed by atoms with Crippen LogP contribution in [0.15, 0.2) is 29.2 Å². The largest absolute Gasteiger partial charge is 0.481 e. The monoisotopic (exact) mass is 252 g/mol. The van der Waals surface area contributed by atoms with Gasteiger partial charge in [0, 0.05) is 4.90 Å². The first-order chi connectivity index (χ1) is 7.93. The predicted molar refractivity (Wildman–Crippen MR) is 72.6 cm³/mol. The molecule has 17 heavy (non-hydrogen) atoms. The third-order valence-corrected chi connectivity index (χ3v) is 4.14. The summed E-state index contributed by atoms with van der Waals surface area (Å²) in [5.41, 5.74) is 0.682. The molecule has 2 nitrogen and oxygen atoms in total. The summed E-state index contributed by atoms with van der Waals surface area (Å²) in [4.78, 5) is 12.2. The third-order valence-electron chi connectivity index (χ3n) is 2.88. The molecule has 0 amide bonds. The standard InChI is InChI=1S/C14H20O2S/c1-11-7-4-5-8-12(11)17-10-6-9-14(2,3)13(15)16/h4-5,7-8H,6,9-10H2,1-3H3,(H,15,16). The van der Waals surface area contributed by atoms with Crippen LogP contribution in [0, 0.1) is 12.3 Å². The van der Waals surface area contributed by atoms with E-state index in [9.17, 15) is 4.79 Å². The van der Waals surface area contributed by atoms with Crippen molar-refractivity contribution >= 4 is 17.7 Å². The number of thioether (sulfide) groups is 1. The molecule has 1 rings (SSSR count). The van der Waals surface area contributed by atoms with E-state index in [2.05, 4.69) is 19.1 Å². The van der Waals surface area contributed by atoms with Crippen LogP contribution in [0.25, 0.3) is 0 Å². The molecular weight excluding hydrogens is 232 g/mol. The topological polar surface area (TPSA) is 37.3 Å². The SMILES string of the molecule is Cc1ccccc1SCCCC(C)(C)C(=O)O. The number of rotatable bonds is 6. The number of aryl methyl sites for hydroxylation is 1. The summed E-state index contributed by atoms with van der Waals surface area (Å²) >= 11 is 1.81. The number of hydrogen-bond acceptors (Lipinski definition) is 2. The van der Waals surface area contributed by atoms with Gasteiger partial charge in [0.2, 0.25) is 0 Å². The molecule has 1 aromatic rings. The van der Waals surface area contributed by atoms with Crippen molar-refractivity contribution in [1.29, 1.82) is 0 Å². The first-order valence-electron chi connectivity index (χ1n) is 5.85. The highest BCUT2D eigenvalue weighted by Crippen LogP contribution is 2.27. The zero-order valence-corrected chi connectivity index (χ0v) is 11.5. The lowest BCUT2D eigenvalue weighted by Gasteiger charge is -2.18. The van der Waals surface area contributed by atoms with Crippen LogP contribution in [0.4, 0.5) is 0 Å². The second kappa shape index (κ2) is 6.10. The fourth-order valence-electron chi connectivity index (χ4n) is 1.52. The molecule has 0 bridgehead atoms. The van der Waals surface area contributed by atoms with Crippen LogP contribution in [-0.4, -0.2) is 16.8 Å². The Bertz CT molecular complexity index is 386. The zero-order valence-electron chi connectivity index (χ0n) is 10.7. The molecule has 0 spiro atoms. The van der Waals surface area contributed by atoms with Crippen LogP contribution in [-0.2, 0) is 4.79 Å². The van der Waals surface area contributed by atoms with E-state index in [0.717, 1.165) is 18.6 Å². The fourth-order valence-corrected chi connectivity index (χ4v) is 2.50. The van der Waals surface area contributed by atoms with Crippen LogP contribution < -0.4 is 0 Å². The van der Waals surface area contributed by atoms with E-state index in [-0.39, 0.29) is 0 Å². The Balaban J connectivity index is 2.35. The van der Waals surface area contributed by atoms with Gasteiger partial charge in [0.1, 0.15) is 0 Å². The van der Waals surface area contributed by atoms with Crippen molar-refractivity contribution in [2.45, 2.75) is 38.5 Å². The predicted octanol–water partition coefficient (Wildman–Crippen LogP) is 3.98. The smallest absolute Gasteiger partial charge is 0.309 e. The van der Waals surface area contributed by atoms with Gasteiger partial charge in [-0.3, -0.25) is 4.79 Å².